The molecule has 1 aromatic heterocycles. The zero-order valence-corrected chi connectivity index (χ0v) is 12.4. The fourth-order valence-electron chi connectivity index (χ4n) is 1.56. The van der Waals surface area contributed by atoms with E-state index in [1.165, 1.54) is 20.5 Å². The highest BCUT2D eigenvalue weighted by atomic mass is 79.9. The van der Waals surface area contributed by atoms with Gasteiger partial charge >= 0.3 is 0 Å². The predicted octanol–water partition coefficient (Wildman–Crippen LogP) is 3.81. The van der Waals surface area contributed by atoms with E-state index < -0.39 is 0 Å². The third-order valence-corrected chi connectivity index (χ3v) is 4.49. The van der Waals surface area contributed by atoms with Crippen LogP contribution in [0.4, 0.5) is 0 Å². The van der Waals surface area contributed by atoms with Crippen molar-refractivity contribution in [3.63, 3.8) is 0 Å². The van der Waals surface area contributed by atoms with Crippen LogP contribution in [-0.2, 0) is 13.1 Å². The summed E-state index contributed by atoms with van der Waals surface area (Å²) in [4.78, 5) is 5.55. The molecule has 1 N–H and O–H groups in total. The highest BCUT2D eigenvalue weighted by Crippen LogP contribution is 2.17. The minimum Gasteiger partial charge on any atom is -0.308 e. The summed E-state index contributed by atoms with van der Waals surface area (Å²) in [6, 6.07) is 6.47. The van der Waals surface area contributed by atoms with Gasteiger partial charge in [0.2, 0.25) is 0 Å². The number of aryl methyl sites for hydroxylation is 2. The Labute approximate surface area is 114 Å². The first-order chi connectivity index (χ1) is 8.16. The summed E-state index contributed by atoms with van der Waals surface area (Å²) in [6.45, 7) is 5.93. The Hall–Kier alpha value is -0.710. The topological polar surface area (TPSA) is 24.9 Å². The van der Waals surface area contributed by atoms with Gasteiger partial charge in [0.05, 0.1) is 11.2 Å². The molecule has 0 radical (unpaired) electrons. The van der Waals surface area contributed by atoms with Crippen LogP contribution >= 0.6 is 27.3 Å². The molecule has 0 saturated carbocycles. The largest absolute Gasteiger partial charge is 0.308 e. The lowest BCUT2D eigenvalue weighted by molar-refractivity contribution is 0.696. The van der Waals surface area contributed by atoms with E-state index in [-0.39, 0.29) is 0 Å². The fraction of sp³-hybridized carbons (Fsp3) is 0.308. The van der Waals surface area contributed by atoms with Crippen LogP contribution in [0.25, 0.3) is 0 Å². The molecule has 0 atom stereocenters. The standard InChI is InChI=1S/C13H15BrN2S/c1-9-3-4-11(5-12(9)14)6-15-7-13-10(2)16-8-17-13/h3-5,8,15H,6-7H2,1-2H3. The van der Waals surface area contributed by atoms with Crippen LogP contribution in [0, 0.1) is 13.8 Å². The highest BCUT2D eigenvalue weighted by Gasteiger charge is 2.01. The monoisotopic (exact) mass is 310 g/mol. The number of hydrogen-bond acceptors (Lipinski definition) is 3. The van der Waals surface area contributed by atoms with Crippen molar-refractivity contribution < 1.29 is 0 Å². The summed E-state index contributed by atoms with van der Waals surface area (Å²) < 4.78 is 1.17. The maximum atomic E-state index is 4.24. The second-order valence-corrected chi connectivity index (χ2v) is 5.84. The minimum atomic E-state index is 0.885. The summed E-state index contributed by atoms with van der Waals surface area (Å²) in [7, 11) is 0. The molecule has 0 saturated heterocycles. The SMILES string of the molecule is Cc1ccc(CNCc2scnc2C)cc1Br. The van der Waals surface area contributed by atoms with Gasteiger partial charge in [-0.1, -0.05) is 28.1 Å². The molecule has 0 aliphatic rings. The van der Waals surface area contributed by atoms with Crippen molar-refractivity contribution in [1.29, 1.82) is 0 Å². The van der Waals surface area contributed by atoms with Gasteiger partial charge in [-0.15, -0.1) is 11.3 Å². The van der Waals surface area contributed by atoms with Crippen molar-refractivity contribution in [2.75, 3.05) is 0 Å². The number of halogens is 1. The van der Waals surface area contributed by atoms with E-state index in [4.69, 9.17) is 0 Å². The van der Waals surface area contributed by atoms with Gasteiger partial charge in [-0.05, 0) is 31.0 Å². The van der Waals surface area contributed by atoms with E-state index in [0.29, 0.717) is 0 Å². The molecular formula is C13H15BrN2S. The number of nitrogens with zero attached hydrogens (tertiary/aromatic N) is 1. The van der Waals surface area contributed by atoms with Crippen molar-refractivity contribution in [2.24, 2.45) is 0 Å². The van der Waals surface area contributed by atoms with Crippen LogP contribution < -0.4 is 5.32 Å². The molecule has 0 unspecified atom stereocenters. The zero-order valence-electron chi connectivity index (χ0n) is 9.96. The molecule has 17 heavy (non-hydrogen) atoms. The molecule has 4 heteroatoms. The summed E-state index contributed by atoms with van der Waals surface area (Å²) in [5.74, 6) is 0. The van der Waals surface area contributed by atoms with Gasteiger partial charge in [0.1, 0.15) is 0 Å². The Morgan fingerprint density at radius 2 is 2.12 bits per heavy atom. The molecule has 2 aromatic rings. The number of rotatable bonds is 4. The minimum absolute atomic E-state index is 0.885. The van der Waals surface area contributed by atoms with Crippen molar-refractivity contribution in [3.05, 3.63) is 49.9 Å². The third kappa shape index (κ3) is 3.37. The summed E-state index contributed by atoms with van der Waals surface area (Å²) in [5, 5.41) is 3.44. The van der Waals surface area contributed by atoms with Crippen molar-refractivity contribution >= 4 is 27.3 Å². The van der Waals surface area contributed by atoms with Crippen LogP contribution in [-0.4, -0.2) is 4.98 Å². The summed E-state index contributed by atoms with van der Waals surface area (Å²) >= 11 is 5.26. The molecule has 0 bridgehead atoms. The van der Waals surface area contributed by atoms with E-state index in [0.717, 1.165) is 18.8 Å². The Morgan fingerprint density at radius 3 is 2.76 bits per heavy atom. The van der Waals surface area contributed by atoms with Gasteiger partial charge in [0.25, 0.3) is 0 Å². The van der Waals surface area contributed by atoms with Crippen LogP contribution in [0.1, 0.15) is 21.7 Å². The van der Waals surface area contributed by atoms with Gasteiger partial charge in [-0.25, -0.2) is 4.98 Å². The van der Waals surface area contributed by atoms with E-state index >= 15 is 0 Å². The molecule has 0 fully saturated rings. The van der Waals surface area contributed by atoms with Gasteiger partial charge < -0.3 is 5.32 Å². The molecular weight excluding hydrogens is 296 g/mol. The van der Waals surface area contributed by atoms with Gasteiger partial charge in [-0.2, -0.15) is 0 Å². The maximum Gasteiger partial charge on any atom is 0.0798 e. The quantitative estimate of drug-likeness (QED) is 0.928. The molecule has 1 aromatic carbocycles. The zero-order chi connectivity index (χ0) is 12.3. The first-order valence-electron chi connectivity index (χ1n) is 5.51. The maximum absolute atomic E-state index is 4.24. The summed E-state index contributed by atoms with van der Waals surface area (Å²) in [5.41, 5.74) is 5.60. The average Bonchev–Trinajstić information content (AvgIpc) is 2.70. The number of thiazole rings is 1. The number of aromatic nitrogens is 1. The number of nitrogens with one attached hydrogen (secondary N) is 1. The average molecular weight is 311 g/mol. The van der Waals surface area contributed by atoms with Crippen molar-refractivity contribution in [1.82, 2.24) is 10.3 Å². The molecule has 0 aliphatic carbocycles. The molecule has 0 aliphatic heterocycles. The highest BCUT2D eigenvalue weighted by molar-refractivity contribution is 9.10. The van der Waals surface area contributed by atoms with Gasteiger partial charge in [0.15, 0.2) is 0 Å². The van der Waals surface area contributed by atoms with Crippen LogP contribution in [0.2, 0.25) is 0 Å². The Kier molecular flexibility index (Phi) is 4.31. The van der Waals surface area contributed by atoms with Gasteiger partial charge in [-0.3, -0.25) is 0 Å². The Balaban J connectivity index is 1.90. The van der Waals surface area contributed by atoms with Crippen molar-refractivity contribution in [2.45, 2.75) is 26.9 Å². The molecule has 1 heterocycles. The summed E-state index contributed by atoms with van der Waals surface area (Å²) in [6.07, 6.45) is 0. The van der Waals surface area contributed by atoms with E-state index in [2.05, 4.69) is 58.3 Å². The predicted molar refractivity (Wildman–Crippen MR) is 76.3 cm³/mol. The second kappa shape index (κ2) is 5.76. The van der Waals surface area contributed by atoms with Crippen LogP contribution in [0.15, 0.2) is 28.2 Å². The smallest absolute Gasteiger partial charge is 0.0798 e. The molecule has 0 spiro atoms. The van der Waals surface area contributed by atoms with E-state index in [1.807, 2.05) is 5.51 Å². The van der Waals surface area contributed by atoms with Crippen LogP contribution in [0.5, 0.6) is 0 Å². The lowest BCUT2D eigenvalue weighted by atomic mass is 10.1. The first kappa shape index (κ1) is 12.7. The van der Waals surface area contributed by atoms with E-state index in [1.54, 1.807) is 11.3 Å². The molecule has 2 nitrogen and oxygen atoms in total. The van der Waals surface area contributed by atoms with E-state index in [9.17, 15) is 0 Å². The Morgan fingerprint density at radius 1 is 1.29 bits per heavy atom. The molecule has 0 amide bonds. The first-order valence-corrected chi connectivity index (χ1v) is 7.19. The van der Waals surface area contributed by atoms with Crippen LogP contribution in [0.3, 0.4) is 0 Å². The molecule has 90 valence electrons. The second-order valence-electron chi connectivity index (χ2n) is 4.05. The Bertz CT molecular complexity index is 508. The lowest BCUT2D eigenvalue weighted by Gasteiger charge is -2.06. The number of hydrogen-bond donors (Lipinski definition) is 1. The lowest BCUT2D eigenvalue weighted by Crippen LogP contribution is -2.12. The molecule has 2 rings (SSSR count). The normalized spacial score (nSPS) is 10.8. The van der Waals surface area contributed by atoms with Crippen molar-refractivity contribution in [3.8, 4) is 0 Å². The van der Waals surface area contributed by atoms with Gasteiger partial charge in [0, 0.05) is 22.4 Å². The fourth-order valence-corrected chi connectivity index (χ4v) is 2.74. The third-order valence-electron chi connectivity index (χ3n) is 2.70. The number of benzene rings is 1.